The average Bonchev–Trinajstić information content (AvgIpc) is 2.97. The van der Waals surface area contributed by atoms with Crippen molar-refractivity contribution in [3.63, 3.8) is 0 Å². The normalized spacial score (nSPS) is 17.4. The van der Waals surface area contributed by atoms with Crippen LogP contribution in [0.15, 0.2) is 18.2 Å². The molecular formula is C17H26FNO. The minimum absolute atomic E-state index is 0.0932. The van der Waals surface area contributed by atoms with E-state index < -0.39 is 0 Å². The summed E-state index contributed by atoms with van der Waals surface area (Å²) in [4.78, 5) is 0. The Kier molecular flexibility index (Phi) is 5.84. The molecule has 1 unspecified atom stereocenters. The molecule has 1 aliphatic rings. The molecule has 0 amide bonds. The number of hydrogen-bond acceptors (Lipinski definition) is 2. The zero-order valence-corrected chi connectivity index (χ0v) is 12.6. The zero-order valence-electron chi connectivity index (χ0n) is 12.6. The molecule has 1 N–H and O–H groups in total. The van der Waals surface area contributed by atoms with Gasteiger partial charge in [-0.05, 0) is 31.4 Å². The third-order valence-electron chi connectivity index (χ3n) is 4.38. The van der Waals surface area contributed by atoms with Crippen LogP contribution in [0.2, 0.25) is 0 Å². The van der Waals surface area contributed by atoms with Crippen LogP contribution in [0, 0.1) is 11.7 Å². The van der Waals surface area contributed by atoms with Crippen molar-refractivity contribution in [3.05, 3.63) is 29.6 Å². The van der Waals surface area contributed by atoms with Gasteiger partial charge in [0.2, 0.25) is 0 Å². The maximum absolute atomic E-state index is 14.4. The van der Waals surface area contributed by atoms with Crippen molar-refractivity contribution in [3.8, 4) is 5.75 Å². The van der Waals surface area contributed by atoms with Crippen LogP contribution in [-0.4, -0.2) is 13.7 Å². The zero-order chi connectivity index (χ0) is 14.4. The lowest BCUT2D eigenvalue weighted by Gasteiger charge is -2.21. The van der Waals surface area contributed by atoms with Gasteiger partial charge in [-0.25, -0.2) is 4.39 Å². The van der Waals surface area contributed by atoms with Gasteiger partial charge in [-0.3, -0.25) is 0 Å². The highest BCUT2D eigenvalue weighted by Gasteiger charge is 2.21. The Bertz CT molecular complexity index is 415. The Morgan fingerprint density at radius 3 is 2.75 bits per heavy atom. The maximum atomic E-state index is 14.4. The summed E-state index contributed by atoms with van der Waals surface area (Å²) in [6.07, 6.45) is 7.61. The number of ether oxygens (including phenoxy) is 1. The van der Waals surface area contributed by atoms with Crippen molar-refractivity contribution < 1.29 is 9.13 Å². The van der Waals surface area contributed by atoms with E-state index in [1.807, 2.05) is 12.1 Å². The molecule has 1 saturated carbocycles. The highest BCUT2D eigenvalue weighted by atomic mass is 19.1. The maximum Gasteiger partial charge on any atom is 0.169 e. The van der Waals surface area contributed by atoms with Crippen molar-refractivity contribution in [2.75, 3.05) is 13.7 Å². The fourth-order valence-electron chi connectivity index (χ4n) is 3.27. The second-order valence-corrected chi connectivity index (χ2v) is 5.70. The number of hydrogen-bond donors (Lipinski definition) is 1. The monoisotopic (exact) mass is 279 g/mol. The van der Waals surface area contributed by atoms with Gasteiger partial charge in [0, 0.05) is 11.6 Å². The molecule has 2 nitrogen and oxygen atoms in total. The standard InChI is InChI=1S/C17H26FNO/c1-3-19-15(12-11-13-7-4-5-8-13)14-9-6-10-16(20-2)17(14)18/h6,9-10,13,15,19H,3-5,7-8,11-12H2,1-2H3. The second kappa shape index (κ2) is 7.63. The molecule has 2 rings (SSSR count). The lowest BCUT2D eigenvalue weighted by atomic mass is 9.94. The van der Waals surface area contributed by atoms with E-state index in [0.717, 1.165) is 24.4 Å². The summed E-state index contributed by atoms with van der Waals surface area (Å²) in [6, 6.07) is 5.52. The third-order valence-corrected chi connectivity index (χ3v) is 4.38. The van der Waals surface area contributed by atoms with Crippen molar-refractivity contribution in [1.82, 2.24) is 5.32 Å². The van der Waals surface area contributed by atoms with Crippen LogP contribution in [0.4, 0.5) is 4.39 Å². The predicted molar refractivity (Wildman–Crippen MR) is 80.6 cm³/mol. The number of methoxy groups -OCH3 is 1. The first-order valence-electron chi connectivity index (χ1n) is 7.82. The molecule has 3 heteroatoms. The molecule has 0 saturated heterocycles. The molecule has 1 aromatic rings. The van der Waals surface area contributed by atoms with Crippen molar-refractivity contribution in [2.45, 2.75) is 51.5 Å². The first-order valence-corrected chi connectivity index (χ1v) is 7.82. The largest absolute Gasteiger partial charge is 0.494 e. The van der Waals surface area contributed by atoms with Crippen LogP contribution in [0.25, 0.3) is 0 Å². The van der Waals surface area contributed by atoms with E-state index >= 15 is 0 Å². The van der Waals surface area contributed by atoms with Crippen molar-refractivity contribution >= 4 is 0 Å². The quantitative estimate of drug-likeness (QED) is 0.796. The van der Waals surface area contributed by atoms with Gasteiger partial charge in [0.25, 0.3) is 0 Å². The second-order valence-electron chi connectivity index (χ2n) is 5.70. The SMILES string of the molecule is CCNC(CCC1CCCC1)c1cccc(OC)c1F. The van der Waals surface area contributed by atoms with Gasteiger partial charge in [0.05, 0.1) is 7.11 Å². The number of benzene rings is 1. The van der Waals surface area contributed by atoms with Crippen molar-refractivity contribution in [2.24, 2.45) is 5.92 Å². The minimum atomic E-state index is -0.215. The van der Waals surface area contributed by atoms with Gasteiger partial charge in [-0.15, -0.1) is 0 Å². The molecule has 0 spiro atoms. The van der Waals surface area contributed by atoms with E-state index in [9.17, 15) is 4.39 Å². The van der Waals surface area contributed by atoms with E-state index in [-0.39, 0.29) is 11.9 Å². The van der Waals surface area contributed by atoms with Crippen LogP contribution in [0.5, 0.6) is 5.75 Å². The highest BCUT2D eigenvalue weighted by molar-refractivity contribution is 5.33. The Balaban J connectivity index is 2.06. The molecule has 112 valence electrons. The lowest BCUT2D eigenvalue weighted by molar-refractivity contribution is 0.371. The van der Waals surface area contributed by atoms with Crippen LogP contribution in [-0.2, 0) is 0 Å². The first-order chi connectivity index (χ1) is 9.76. The molecule has 1 atom stereocenters. The Labute approximate surface area is 121 Å². The van der Waals surface area contributed by atoms with E-state index in [1.54, 1.807) is 6.07 Å². The third kappa shape index (κ3) is 3.72. The summed E-state index contributed by atoms with van der Waals surface area (Å²) in [5.74, 6) is 0.962. The fraction of sp³-hybridized carbons (Fsp3) is 0.647. The predicted octanol–water partition coefficient (Wildman–Crippen LogP) is 4.46. The van der Waals surface area contributed by atoms with E-state index in [2.05, 4.69) is 12.2 Å². The molecule has 0 aromatic heterocycles. The lowest BCUT2D eigenvalue weighted by Crippen LogP contribution is -2.22. The van der Waals surface area contributed by atoms with Crippen LogP contribution in [0.3, 0.4) is 0 Å². The smallest absolute Gasteiger partial charge is 0.169 e. The topological polar surface area (TPSA) is 21.3 Å². The summed E-state index contributed by atoms with van der Waals surface area (Å²) in [5.41, 5.74) is 0.740. The first kappa shape index (κ1) is 15.3. The fourth-order valence-corrected chi connectivity index (χ4v) is 3.27. The van der Waals surface area contributed by atoms with Crippen LogP contribution >= 0.6 is 0 Å². The van der Waals surface area contributed by atoms with Gasteiger partial charge in [-0.2, -0.15) is 0 Å². The summed E-state index contributed by atoms with van der Waals surface area (Å²) < 4.78 is 19.5. The molecule has 1 aromatic carbocycles. The Hall–Kier alpha value is -1.09. The summed E-state index contributed by atoms with van der Waals surface area (Å²) in [5, 5.41) is 3.42. The molecule has 0 aliphatic heterocycles. The van der Waals surface area contributed by atoms with Crippen molar-refractivity contribution in [1.29, 1.82) is 0 Å². The van der Waals surface area contributed by atoms with E-state index in [4.69, 9.17) is 4.74 Å². The van der Waals surface area contributed by atoms with Gasteiger partial charge < -0.3 is 10.1 Å². The molecule has 1 aliphatic carbocycles. The van der Waals surface area contributed by atoms with Crippen LogP contribution in [0.1, 0.15) is 57.1 Å². The summed E-state index contributed by atoms with van der Waals surface area (Å²) >= 11 is 0. The number of rotatable bonds is 7. The van der Waals surface area contributed by atoms with Gasteiger partial charge in [0.15, 0.2) is 11.6 Å². The Morgan fingerprint density at radius 2 is 2.10 bits per heavy atom. The van der Waals surface area contributed by atoms with Crippen LogP contribution < -0.4 is 10.1 Å². The highest BCUT2D eigenvalue weighted by Crippen LogP contribution is 2.33. The molecule has 0 bridgehead atoms. The van der Waals surface area contributed by atoms with E-state index in [0.29, 0.717) is 5.75 Å². The Morgan fingerprint density at radius 1 is 1.35 bits per heavy atom. The minimum Gasteiger partial charge on any atom is -0.494 e. The number of halogens is 1. The summed E-state index contributed by atoms with van der Waals surface area (Å²) in [6.45, 7) is 2.92. The number of nitrogens with one attached hydrogen (secondary N) is 1. The molecule has 0 radical (unpaired) electrons. The average molecular weight is 279 g/mol. The van der Waals surface area contributed by atoms with Gasteiger partial charge in [-0.1, -0.05) is 44.7 Å². The molecule has 0 heterocycles. The van der Waals surface area contributed by atoms with Gasteiger partial charge >= 0.3 is 0 Å². The summed E-state index contributed by atoms with van der Waals surface area (Å²) in [7, 11) is 1.52. The van der Waals surface area contributed by atoms with E-state index in [1.165, 1.54) is 39.2 Å². The molecular weight excluding hydrogens is 253 g/mol. The van der Waals surface area contributed by atoms with Gasteiger partial charge in [0.1, 0.15) is 0 Å². The molecule has 20 heavy (non-hydrogen) atoms. The molecule has 1 fully saturated rings.